The van der Waals surface area contributed by atoms with Crippen LogP contribution < -0.4 is 10.9 Å². The van der Waals surface area contributed by atoms with Crippen LogP contribution in [0.2, 0.25) is 0 Å². The average Bonchev–Trinajstić information content (AvgIpc) is 2.76. The van der Waals surface area contributed by atoms with Crippen LogP contribution in [0.3, 0.4) is 0 Å². The molecular weight excluding hydrogens is 433 g/mol. The topological polar surface area (TPSA) is 81.3 Å². The number of hydrogen-bond acceptors (Lipinski definition) is 5. The van der Waals surface area contributed by atoms with Crippen molar-refractivity contribution >= 4 is 11.9 Å². The number of alkyl halides is 3. The van der Waals surface area contributed by atoms with Crippen molar-refractivity contribution in [2.75, 3.05) is 32.5 Å². The van der Waals surface area contributed by atoms with Crippen LogP contribution in [0, 0.1) is 5.41 Å². The van der Waals surface area contributed by atoms with Crippen molar-refractivity contribution in [2.45, 2.75) is 12.3 Å². The van der Waals surface area contributed by atoms with Gasteiger partial charge in [0.2, 0.25) is 0 Å². The van der Waals surface area contributed by atoms with E-state index < -0.39 is 17.8 Å². The van der Waals surface area contributed by atoms with Gasteiger partial charge in [0, 0.05) is 48.5 Å². The van der Waals surface area contributed by atoms with Crippen LogP contribution >= 0.6 is 0 Å². The van der Waals surface area contributed by atoms with Crippen molar-refractivity contribution in [3.63, 3.8) is 0 Å². The van der Waals surface area contributed by atoms with Crippen LogP contribution in [0.1, 0.15) is 11.1 Å². The van der Waals surface area contributed by atoms with E-state index in [0.29, 0.717) is 41.2 Å². The highest BCUT2D eigenvalue weighted by molar-refractivity contribution is 5.86. The zero-order valence-corrected chi connectivity index (χ0v) is 18.2. The third-order valence-corrected chi connectivity index (χ3v) is 5.04. The predicted octanol–water partition coefficient (Wildman–Crippen LogP) is 3.86. The van der Waals surface area contributed by atoms with Gasteiger partial charge in [0.15, 0.2) is 0 Å². The lowest BCUT2D eigenvalue weighted by Gasteiger charge is -2.18. The summed E-state index contributed by atoms with van der Waals surface area (Å²) in [6, 6.07) is 12.8. The minimum atomic E-state index is -4.42. The molecule has 0 saturated heterocycles. The SMILES string of the molecule is CN(C)C[C@@H](O)CNc1ccc(-n2ccc(-c3ccc(C(F)(F)F)cc3)cc2=O)cc1C=N. The molecule has 1 atom stereocenters. The first-order valence-corrected chi connectivity index (χ1v) is 10.2. The van der Waals surface area contributed by atoms with Crippen molar-refractivity contribution in [1.29, 1.82) is 5.41 Å². The smallest absolute Gasteiger partial charge is 0.390 e. The molecule has 0 aliphatic rings. The van der Waals surface area contributed by atoms with Gasteiger partial charge >= 0.3 is 6.18 Å². The molecule has 1 aromatic heterocycles. The summed E-state index contributed by atoms with van der Waals surface area (Å²) in [5.41, 5.74) is 1.64. The molecule has 33 heavy (non-hydrogen) atoms. The van der Waals surface area contributed by atoms with Crippen molar-refractivity contribution in [2.24, 2.45) is 0 Å². The van der Waals surface area contributed by atoms with Crippen LogP contribution in [0.15, 0.2) is 65.6 Å². The standard InChI is InChI=1S/C24H25F3N4O2/c1-30(2)15-21(32)14-29-22-8-7-20(11-18(22)13-28)31-10-9-17(12-23(31)33)16-3-5-19(6-4-16)24(25,26)27/h3-13,21,28-29,32H,14-15H2,1-2H3/t21-/m0/s1. The Balaban J connectivity index is 1.82. The van der Waals surface area contributed by atoms with Crippen molar-refractivity contribution in [3.05, 3.63) is 82.3 Å². The van der Waals surface area contributed by atoms with Gasteiger partial charge in [-0.2, -0.15) is 13.2 Å². The third-order valence-electron chi connectivity index (χ3n) is 5.04. The van der Waals surface area contributed by atoms with Crippen molar-refractivity contribution in [1.82, 2.24) is 9.47 Å². The van der Waals surface area contributed by atoms with E-state index in [1.807, 2.05) is 19.0 Å². The van der Waals surface area contributed by atoms with E-state index in [1.165, 1.54) is 22.8 Å². The van der Waals surface area contributed by atoms with Crippen molar-refractivity contribution < 1.29 is 18.3 Å². The summed E-state index contributed by atoms with van der Waals surface area (Å²) in [6.45, 7) is 0.797. The molecule has 3 rings (SSSR count). The van der Waals surface area contributed by atoms with Gasteiger partial charge in [-0.25, -0.2) is 0 Å². The van der Waals surface area contributed by atoms with Crippen LogP contribution in [0.4, 0.5) is 18.9 Å². The average molecular weight is 458 g/mol. The summed E-state index contributed by atoms with van der Waals surface area (Å²) in [5.74, 6) is 0. The van der Waals surface area contributed by atoms with E-state index in [2.05, 4.69) is 5.32 Å². The fourth-order valence-corrected chi connectivity index (χ4v) is 3.42. The maximum absolute atomic E-state index is 12.8. The van der Waals surface area contributed by atoms with Crippen LogP contribution in [-0.4, -0.2) is 54.1 Å². The Bertz CT molecular complexity index is 1170. The number of nitrogens with zero attached hydrogens (tertiary/aromatic N) is 2. The molecular formula is C24H25F3N4O2. The highest BCUT2D eigenvalue weighted by Crippen LogP contribution is 2.30. The minimum Gasteiger partial charge on any atom is -0.390 e. The van der Waals surface area contributed by atoms with Gasteiger partial charge in [-0.1, -0.05) is 12.1 Å². The summed E-state index contributed by atoms with van der Waals surface area (Å²) in [5, 5.41) is 20.8. The Hall–Kier alpha value is -3.43. The summed E-state index contributed by atoms with van der Waals surface area (Å²) in [4.78, 5) is 14.6. The normalized spacial score (nSPS) is 12.6. The summed E-state index contributed by atoms with van der Waals surface area (Å²) < 4.78 is 39.7. The first kappa shape index (κ1) is 24.2. The van der Waals surface area contributed by atoms with E-state index in [-0.39, 0.29) is 5.56 Å². The third kappa shape index (κ3) is 6.09. The van der Waals surface area contributed by atoms with E-state index in [9.17, 15) is 23.1 Å². The molecule has 0 unspecified atom stereocenters. The number of pyridine rings is 1. The lowest BCUT2D eigenvalue weighted by atomic mass is 10.0. The highest BCUT2D eigenvalue weighted by Gasteiger charge is 2.30. The van der Waals surface area contributed by atoms with Gasteiger partial charge in [0.05, 0.1) is 11.7 Å². The van der Waals surface area contributed by atoms with E-state index in [0.717, 1.165) is 18.3 Å². The van der Waals surface area contributed by atoms with Gasteiger partial charge in [-0.3, -0.25) is 9.36 Å². The second-order valence-electron chi connectivity index (χ2n) is 7.91. The van der Waals surface area contributed by atoms with E-state index >= 15 is 0 Å². The molecule has 2 aromatic carbocycles. The molecule has 0 amide bonds. The number of nitrogens with one attached hydrogen (secondary N) is 2. The molecule has 3 aromatic rings. The maximum Gasteiger partial charge on any atom is 0.416 e. The maximum atomic E-state index is 12.8. The van der Waals surface area contributed by atoms with Crippen molar-refractivity contribution in [3.8, 4) is 16.8 Å². The largest absolute Gasteiger partial charge is 0.416 e. The van der Waals surface area contributed by atoms with E-state index in [1.54, 1.807) is 30.5 Å². The summed E-state index contributed by atoms with van der Waals surface area (Å²) in [7, 11) is 3.73. The zero-order valence-electron chi connectivity index (χ0n) is 18.2. The van der Waals surface area contributed by atoms with Crippen LogP contribution in [0.25, 0.3) is 16.8 Å². The first-order chi connectivity index (χ1) is 15.6. The molecule has 0 spiro atoms. The molecule has 1 heterocycles. The molecule has 174 valence electrons. The quantitative estimate of drug-likeness (QED) is 0.448. The molecule has 0 bridgehead atoms. The predicted molar refractivity (Wildman–Crippen MR) is 123 cm³/mol. The molecule has 0 radical (unpaired) electrons. The molecule has 9 heteroatoms. The molecule has 6 nitrogen and oxygen atoms in total. The number of anilines is 1. The number of rotatable bonds is 8. The number of benzene rings is 2. The fourth-order valence-electron chi connectivity index (χ4n) is 3.42. The Morgan fingerprint density at radius 1 is 1.09 bits per heavy atom. The number of aliphatic hydroxyl groups is 1. The van der Waals surface area contributed by atoms with Gasteiger partial charge in [0.1, 0.15) is 0 Å². The fraction of sp³-hybridized carbons (Fsp3) is 0.250. The number of halogens is 3. The Morgan fingerprint density at radius 3 is 2.36 bits per heavy atom. The number of aliphatic hydroxyl groups excluding tert-OH is 1. The first-order valence-electron chi connectivity index (χ1n) is 10.2. The van der Waals surface area contributed by atoms with Gasteiger partial charge < -0.3 is 20.7 Å². The van der Waals surface area contributed by atoms with Crippen LogP contribution in [0.5, 0.6) is 0 Å². The number of hydrogen-bond donors (Lipinski definition) is 3. The highest BCUT2D eigenvalue weighted by atomic mass is 19.4. The summed E-state index contributed by atoms with van der Waals surface area (Å²) in [6.07, 6.45) is -2.29. The molecule has 0 aliphatic heterocycles. The number of likely N-dealkylation sites (N-methyl/N-ethyl adjacent to an activating group) is 1. The molecule has 0 fully saturated rings. The zero-order chi connectivity index (χ0) is 24.2. The molecule has 3 N–H and O–H groups in total. The second-order valence-corrected chi connectivity index (χ2v) is 7.91. The van der Waals surface area contributed by atoms with Crippen LogP contribution in [-0.2, 0) is 6.18 Å². The summed E-state index contributed by atoms with van der Waals surface area (Å²) >= 11 is 0. The Morgan fingerprint density at radius 2 is 1.79 bits per heavy atom. The van der Waals surface area contributed by atoms with Gasteiger partial charge in [0.25, 0.3) is 5.56 Å². The minimum absolute atomic E-state index is 0.306. The van der Waals surface area contributed by atoms with E-state index in [4.69, 9.17) is 5.41 Å². The van der Waals surface area contributed by atoms with Gasteiger partial charge in [-0.05, 0) is 61.6 Å². The Labute approximate surface area is 189 Å². The second kappa shape index (κ2) is 10.0. The lowest BCUT2D eigenvalue weighted by Crippen LogP contribution is -2.31. The molecule has 0 saturated carbocycles. The molecule has 0 aliphatic carbocycles. The van der Waals surface area contributed by atoms with Gasteiger partial charge in [-0.15, -0.1) is 0 Å². The number of aromatic nitrogens is 1. The lowest BCUT2D eigenvalue weighted by molar-refractivity contribution is -0.137. The Kier molecular flexibility index (Phi) is 7.35. The monoisotopic (exact) mass is 458 g/mol.